The van der Waals surface area contributed by atoms with Gasteiger partial charge in [-0.05, 0) is 32.0 Å². The molecular formula is C13H14F3N3. The number of hydrogen-bond donors (Lipinski definition) is 2. The molecule has 0 bridgehead atoms. The van der Waals surface area contributed by atoms with E-state index in [9.17, 15) is 13.2 Å². The van der Waals surface area contributed by atoms with Crippen LogP contribution in [0.5, 0.6) is 0 Å². The van der Waals surface area contributed by atoms with Crippen molar-refractivity contribution in [1.82, 2.24) is 10.2 Å². The van der Waals surface area contributed by atoms with Crippen LogP contribution in [-0.4, -0.2) is 10.2 Å². The summed E-state index contributed by atoms with van der Waals surface area (Å²) in [5, 5.41) is 9.86. The van der Waals surface area contributed by atoms with Gasteiger partial charge in [-0.3, -0.25) is 5.10 Å². The molecule has 1 aromatic carbocycles. The minimum absolute atomic E-state index is 0.440. The van der Waals surface area contributed by atoms with Gasteiger partial charge < -0.3 is 5.32 Å². The number of nitrogens with zero attached hydrogens (tertiary/aromatic N) is 1. The first kappa shape index (κ1) is 13.5. The number of hydrogen-bond acceptors (Lipinski definition) is 2. The second-order valence-electron chi connectivity index (χ2n) is 4.34. The van der Waals surface area contributed by atoms with Crippen molar-refractivity contribution in [2.45, 2.75) is 26.6 Å². The lowest BCUT2D eigenvalue weighted by Gasteiger charge is -2.10. The molecule has 2 aromatic rings. The first-order chi connectivity index (χ1) is 8.88. The minimum Gasteiger partial charge on any atom is -0.381 e. The molecule has 3 nitrogen and oxygen atoms in total. The normalized spacial score (nSPS) is 11.6. The summed E-state index contributed by atoms with van der Waals surface area (Å²) in [5.41, 5.74) is 2.51. The fourth-order valence-corrected chi connectivity index (χ4v) is 1.83. The van der Waals surface area contributed by atoms with Gasteiger partial charge in [0, 0.05) is 23.5 Å². The Morgan fingerprint density at radius 1 is 1.26 bits per heavy atom. The van der Waals surface area contributed by atoms with Gasteiger partial charge in [0.1, 0.15) is 0 Å². The van der Waals surface area contributed by atoms with Crippen LogP contribution in [-0.2, 0) is 12.7 Å². The number of aromatic amines is 1. The molecule has 0 aliphatic heterocycles. The molecule has 0 spiro atoms. The van der Waals surface area contributed by atoms with E-state index in [-0.39, 0.29) is 0 Å². The highest BCUT2D eigenvalue weighted by molar-refractivity contribution is 5.47. The van der Waals surface area contributed by atoms with E-state index in [2.05, 4.69) is 15.5 Å². The summed E-state index contributed by atoms with van der Waals surface area (Å²) in [6, 6.07) is 5.16. The Kier molecular flexibility index (Phi) is 3.50. The van der Waals surface area contributed by atoms with E-state index in [1.165, 1.54) is 6.07 Å². The number of aryl methyl sites for hydroxylation is 2. The zero-order valence-electron chi connectivity index (χ0n) is 10.6. The maximum absolute atomic E-state index is 12.6. The van der Waals surface area contributed by atoms with E-state index in [1.807, 2.05) is 13.8 Å². The van der Waals surface area contributed by atoms with Gasteiger partial charge in [-0.2, -0.15) is 18.3 Å². The highest BCUT2D eigenvalue weighted by atomic mass is 19.4. The van der Waals surface area contributed by atoms with Gasteiger partial charge in [0.2, 0.25) is 0 Å². The molecule has 0 radical (unpaired) electrons. The third-order valence-corrected chi connectivity index (χ3v) is 2.94. The van der Waals surface area contributed by atoms with Crippen LogP contribution >= 0.6 is 0 Å². The highest BCUT2D eigenvalue weighted by Gasteiger charge is 2.30. The summed E-state index contributed by atoms with van der Waals surface area (Å²) in [6.07, 6.45) is -4.32. The monoisotopic (exact) mass is 269 g/mol. The van der Waals surface area contributed by atoms with Crippen LogP contribution in [0.2, 0.25) is 0 Å². The van der Waals surface area contributed by atoms with Crippen molar-refractivity contribution in [3.05, 3.63) is 46.8 Å². The summed E-state index contributed by atoms with van der Waals surface area (Å²) in [5.74, 6) is 0. The highest BCUT2D eigenvalue weighted by Crippen LogP contribution is 2.30. The summed E-state index contributed by atoms with van der Waals surface area (Å²) in [7, 11) is 0. The van der Waals surface area contributed by atoms with Crippen LogP contribution in [0.15, 0.2) is 24.3 Å². The van der Waals surface area contributed by atoms with Crippen molar-refractivity contribution in [1.29, 1.82) is 0 Å². The molecule has 0 fully saturated rings. The summed E-state index contributed by atoms with van der Waals surface area (Å²) >= 11 is 0. The Bertz CT molecular complexity index is 553. The van der Waals surface area contributed by atoms with Gasteiger partial charge in [-0.25, -0.2) is 0 Å². The molecule has 2 N–H and O–H groups in total. The fraction of sp³-hybridized carbons (Fsp3) is 0.308. The van der Waals surface area contributed by atoms with Crippen LogP contribution in [0, 0.1) is 13.8 Å². The summed E-state index contributed by atoms with van der Waals surface area (Å²) in [6.45, 7) is 4.17. The van der Waals surface area contributed by atoms with E-state index >= 15 is 0 Å². The number of alkyl halides is 3. The number of anilines is 1. The van der Waals surface area contributed by atoms with Gasteiger partial charge in [0.05, 0.1) is 11.3 Å². The first-order valence-corrected chi connectivity index (χ1v) is 5.79. The van der Waals surface area contributed by atoms with Crippen LogP contribution < -0.4 is 5.32 Å². The Balaban J connectivity index is 2.12. The smallest absolute Gasteiger partial charge is 0.381 e. The van der Waals surface area contributed by atoms with Crippen LogP contribution in [0.4, 0.5) is 18.9 Å². The standard InChI is InChI=1S/C13H14F3N3/c1-8-12(9(2)19-18-8)7-17-11-5-3-4-10(6-11)13(14,15)16/h3-6,17H,7H2,1-2H3,(H,18,19). The Hall–Kier alpha value is -1.98. The molecule has 0 amide bonds. The van der Waals surface area contributed by atoms with Gasteiger partial charge >= 0.3 is 6.18 Å². The summed E-state index contributed by atoms with van der Waals surface area (Å²) in [4.78, 5) is 0. The molecule has 1 aromatic heterocycles. The second kappa shape index (κ2) is 4.95. The van der Waals surface area contributed by atoms with E-state index < -0.39 is 11.7 Å². The summed E-state index contributed by atoms with van der Waals surface area (Å²) < 4.78 is 37.7. The molecule has 0 aliphatic rings. The molecule has 2 rings (SSSR count). The molecule has 0 saturated heterocycles. The van der Waals surface area contributed by atoms with Crippen LogP contribution in [0.25, 0.3) is 0 Å². The molecule has 19 heavy (non-hydrogen) atoms. The van der Waals surface area contributed by atoms with E-state index in [0.29, 0.717) is 12.2 Å². The third kappa shape index (κ3) is 3.07. The average Bonchev–Trinajstić information content (AvgIpc) is 2.66. The Morgan fingerprint density at radius 3 is 2.58 bits per heavy atom. The van der Waals surface area contributed by atoms with E-state index in [0.717, 1.165) is 29.1 Å². The number of benzene rings is 1. The molecule has 102 valence electrons. The number of H-pyrrole nitrogens is 1. The van der Waals surface area contributed by atoms with Gasteiger partial charge in [0.15, 0.2) is 0 Å². The van der Waals surface area contributed by atoms with Gasteiger partial charge in [-0.15, -0.1) is 0 Å². The predicted octanol–water partition coefficient (Wildman–Crippen LogP) is 3.66. The van der Waals surface area contributed by atoms with Crippen molar-refractivity contribution < 1.29 is 13.2 Å². The zero-order chi connectivity index (χ0) is 14.0. The van der Waals surface area contributed by atoms with Crippen molar-refractivity contribution in [2.24, 2.45) is 0 Å². The van der Waals surface area contributed by atoms with E-state index in [4.69, 9.17) is 0 Å². The Labute approximate surface area is 108 Å². The number of halogens is 3. The lowest BCUT2D eigenvalue weighted by atomic mass is 10.1. The zero-order valence-corrected chi connectivity index (χ0v) is 10.6. The number of aromatic nitrogens is 2. The quantitative estimate of drug-likeness (QED) is 0.892. The minimum atomic E-state index is -4.32. The van der Waals surface area contributed by atoms with E-state index in [1.54, 1.807) is 6.07 Å². The molecule has 1 heterocycles. The number of nitrogens with one attached hydrogen (secondary N) is 2. The van der Waals surface area contributed by atoms with Gasteiger partial charge in [0.25, 0.3) is 0 Å². The van der Waals surface area contributed by atoms with Crippen molar-refractivity contribution in [3.63, 3.8) is 0 Å². The fourth-order valence-electron chi connectivity index (χ4n) is 1.83. The van der Waals surface area contributed by atoms with Crippen LogP contribution in [0.3, 0.4) is 0 Å². The van der Waals surface area contributed by atoms with Crippen molar-refractivity contribution in [2.75, 3.05) is 5.32 Å². The maximum atomic E-state index is 12.6. The van der Waals surface area contributed by atoms with Crippen LogP contribution in [0.1, 0.15) is 22.5 Å². The third-order valence-electron chi connectivity index (χ3n) is 2.94. The van der Waals surface area contributed by atoms with Crippen molar-refractivity contribution in [3.8, 4) is 0 Å². The topological polar surface area (TPSA) is 40.7 Å². The molecular weight excluding hydrogens is 255 g/mol. The molecule has 6 heteroatoms. The lowest BCUT2D eigenvalue weighted by Crippen LogP contribution is -2.07. The number of rotatable bonds is 3. The maximum Gasteiger partial charge on any atom is 0.416 e. The molecule has 0 aliphatic carbocycles. The van der Waals surface area contributed by atoms with Crippen molar-refractivity contribution >= 4 is 5.69 Å². The SMILES string of the molecule is Cc1n[nH]c(C)c1CNc1cccc(C(F)(F)F)c1. The predicted molar refractivity (Wildman–Crippen MR) is 66.8 cm³/mol. The van der Waals surface area contributed by atoms with Gasteiger partial charge in [-0.1, -0.05) is 6.07 Å². The lowest BCUT2D eigenvalue weighted by molar-refractivity contribution is -0.137. The average molecular weight is 269 g/mol. The second-order valence-corrected chi connectivity index (χ2v) is 4.34. The Morgan fingerprint density at radius 2 is 2.00 bits per heavy atom. The molecule has 0 atom stereocenters. The molecule has 0 unspecified atom stereocenters. The molecule has 0 saturated carbocycles. The largest absolute Gasteiger partial charge is 0.416 e. The first-order valence-electron chi connectivity index (χ1n) is 5.79.